The molecule has 0 amide bonds. The van der Waals surface area contributed by atoms with Gasteiger partial charge >= 0.3 is 5.97 Å². The first-order valence-corrected chi connectivity index (χ1v) is 9.96. The highest BCUT2D eigenvalue weighted by molar-refractivity contribution is 7.98. The average Bonchev–Trinajstić information content (AvgIpc) is 2.71. The molecule has 0 fully saturated rings. The third-order valence-electron chi connectivity index (χ3n) is 4.13. The quantitative estimate of drug-likeness (QED) is 0.400. The van der Waals surface area contributed by atoms with Gasteiger partial charge in [0.25, 0.3) is 0 Å². The molecular weight excluding hydrogens is 327 g/mol. The van der Waals surface area contributed by atoms with Gasteiger partial charge < -0.3 is 4.74 Å². The topological polar surface area (TPSA) is 26.3 Å². The van der Waals surface area contributed by atoms with Gasteiger partial charge in [-0.3, -0.25) is 0 Å². The molecule has 3 rings (SSSR count). The van der Waals surface area contributed by atoms with E-state index in [-0.39, 0.29) is 5.97 Å². The number of ether oxygens (including phenoxy) is 1. The summed E-state index contributed by atoms with van der Waals surface area (Å²) in [5.74, 6) is 1.70. The summed E-state index contributed by atoms with van der Waals surface area (Å²) in [5, 5.41) is 3.60. The molecule has 0 atom stereocenters. The van der Waals surface area contributed by atoms with Gasteiger partial charge in [0.1, 0.15) is 23.2 Å². The summed E-state index contributed by atoms with van der Waals surface area (Å²) in [4.78, 5) is 11.9. The lowest BCUT2D eigenvalue weighted by Crippen LogP contribution is -2.29. The first kappa shape index (κ1) is 17.1. The number of rotatable bonds is 5. The molecule has 3 aromatic carbocycles. The largest absolute Gasteiger partial charge is 0.466 e. The van der Waals surface area contributed by atoms with E-state index in [0.29, 0.717) is 0 Å². The maximum atomic E-state index is 11.9. The zero-order valence-electron chi connectivity index (χ0n) is 14.1. The molecule has 0 unspecified atom stereocenters. The van der Waals surface area contributed by atoms with Crippen molar-refractivity contribution in [3.63, 3.8) is 0 Å². The molecule has 0 aromatic heterocycles. The van der Waals surface area contributed by atoms with E-state index in [1.54, 1.807) is 6.08 Å². The maximum absolute atomic E-state index is 11.9. The van der Waals surface area contributed by atoms with E-state index >= 15 is 0 Å². The summed E-state index contributed by atoms with van der Waals surface area (Å²) < 4.78 is 4.85. The van der Waals surface area contributed by atoms with Crippen molar-refractivity contribution < 1.29 is 9.53 Å². The molecule has 3 heteroatoms. The third kappa shape index (κ3) is 3.55. The zero-order chi connectivity index (χ0) is 17.5. The van der Waals surface area contributed by atoms with Crippen molar-refractivity contribution in [2.45, 2.75) is 0 Å². The fraction of sp³-hybridized carbons (Fsp3) is 0.0455. The SMILES string of the molecule is COC(=O)/C=C/[P+](c1ccccc1)(c1ccccc1)c1ccccc1. The van der Waals surface area contributed by atoms with E-state index in [1.807, 2.05) is 60.4 Å². The Morgan fingerprint density at radius 3 is 1.40 bits per heavy atom. The molecule has 2 nitrogen and oxygen atoms in total. The Morgan fingerprint density at radius 1 is 0.720 bits per heavy atom. The van der Waals surface area contributed by atoms with E-state index in [9.17, 15) is 4.79 Å². The van der Waals surface area contributed by atoms with Crippen LogP contribution in [0, 0.1) is 0 Å². The lowest BCUT2D eigenvalue weighted by Gasteiger charge is -2.23. The third-order valence-corrected chi connectivity index (χ3v) is 8.06. The van der Waals surface area contributed by atoms with E-state index in [1.165, 1.54) is 23.0 Å². The predicted octanol–water partition coefficient (Wildman–Crippen LogP) is 3.67. The van der Waals surface area contributed by atoms with Crippen LogP contribution in [0.25, 0.3) is 0 Å². The second kappa shape index (κ2) is 7.92. The molecule has 0 spiro atoms. The van der Waals surface area contributed by atoms with E-state index in [2.05, 4.69) is 36.4 Å². The van der Waals surface area contributed by atoms with Gasteiger partial charge in [0.2, 0.25) is 0 Å². The Balaban J connectivity index is 2.31. The van der Waals surface area contributed by atoms with Crippen LogP contribution in [-0.4, -0.2) is 13.1 Å². The molecule has 0 N–H and O–H groups in total. The highest BCUT2D eigenvalue weighted by atomic mass is 31.2. The van der Waals surface area contributed by atoms with Crippen LogP contribution < -0.4 is 15.9 Å². The van der Waals surface area contributed by atoms with Gasteiger partial charge in [0.05, 0.1) is 19.0 Å². The number of hydrogen-bond acceptors (Lipinski definition) is 2. The van der Waals surface area contributed by atoms with Gasteiger partial charge in [-0.25, -0.2) is 4.79 Å². The van der Waals surface area contributed by atoms with Crippen molar-refractivity contribution in [2.24, 2.45) is 0 Å². The second-order valence-electron chi connectivity index (χ2n) is 5.57. The van der Waals surface area contributed by atoms with Crippen molar-refractivity contribution in [3.8, 4) is 0 Å². The highest BCUT2D eigenvalue weighted by Crippen LogP contribution is 2.56. The lowest BCUT2D eigenvalue weighted by molar-refractivity contribution is -0.134. The van der Waals surface area contributed by atoms with Crippen LogP contribution in [0.15, 0.2) is 103 Å². The second-order valence-corrected chi connectivity index (χ2v) is 8.86. The van der Waals surface area contributed by atoms with Gasteiger partial charge in [-0.15, -0.1) is 0 Å². The number of carbonyl (C=O) groups is 1. The van der Waals surface area contributed by atoms with Crippen LogP contribution in [0.2, 0.25) is 0 Å². The summed E-state index contributed by atoms with van der Waals surface area (Å²) >= 11 is 0. The molecule has 0 saturated carbocycles. The molecular formula is C22H20O2P+. The van der Waals surface area contributed by atoms with E-state index < -0.39 is 7.26 Å². The molecule has 124 valence electrons. The summed E-state index contributed by atoms with van der Waals surface area (Å²) in [5.41, 5.74) is 0. The standard InChI is InChI=1S/C22H20O2P/c1-24-22(23)17-18-25(19-11-5-2-6-12-19,20-13-7-3-8-14-20)21-15-9-4-10-16-21/h2-18H,1H3/q+1/b18-17+. The Bertz CT molecular complexity index is 746. The number of methoxy groups -OCH3 is 1. The molecule has 0 bridgehead atoms. The van der Waals surface area contributed by atoms with Crippen LogP contribution in [0.3, 0.4) is 0 Å². The number of hydrogen-bond donors (Lipinski definition) is 0. The first-order valence-electron chi connectivity index (χ1n) is 8.10. The van der Waals surface area contributed by atoms with Crippen LogP contribution >= 0.6 is 7.26 Å². The average molecular weight is 347 g/mol. The minimum atomic E-state index is -2.10. The van der Waals surface area contributed by atoms with Crippen LogP contribution in [-0.2, 0) is 9.53 Å². The smallest absolute Gasteiger partial charge is 0.333 e. The molecule has 3 aromatic rings. The highest BCUT2D eigenvalue weighted by Gasteiger charge is 2.43. The summed E-state index contributed by atoms with van der Waals surface area (Å²) in [6, 6.07) is 31.1. The fourth-order valence-corrected chi connectivity index (χ4v) is 6.62. The Kier molecular flexibility index (Phi) is 5.42. The van der Waals surface area contributed by atoms with Crippen molar-refractivity contribution >= 4 is 29.1 Å². The molecule has 25 heavy (non-hydrogen) atoms. The molecule has 0 radical (unpaired) electrons. The lowest BCUT2D eigenvalue weighted by atomic mass is 10.4. The monoisotopic (exact) mass is 347 g/mol. The zero-order valence-corrected chi connectivity index (χ0v) is 15.0. The predicted molar refractivity (Wildman–Crippen MR) is 106 cm³/mol. The number of carbonyl (C=O) groups excluding carboxylic acids is 1. The minimum Gasteiger partial charge on any atom is -0.466 e. The Labute approximate surface area is 149 Å². The molecule has 0 aliphatic carbocycles. The summed E-state index contributed by atoms with van der Waals surface area (Å²) in [7, 11) is -0.699. The summed E-state index contributed by atoms with van der Waals surface area (Å²) in [6.45, 7) is 0. The molecule has 0 aliphatic heterocycles. The normalized spacial score (nSPS) is 11.4. The molecule has 0 saturated heterocycles. The Morgan fingerprint density at radius 2 is 1.08 bits per heavy atom. The molecule has 0 aliphatic rings. The van der Waals surface area contributed by atoms with Gasteiger partial charge in [-0.2, -0.15) is 0 Å². The maximum Gasteiger partial charge on any atom is 0.333 e. The van der Waals surface area contributed by atoms with Crippen molar-refractivity contribution in [1.29, 1.82) is 0 Å². The summed E-state index contributed by atoms with van der Waals surface area (Å²) in [6.07, 6.45) is 1.56. The van der Waals surface area contributed by atoms with Crippen molar-refractivity contribution in [3.05, 3.63) is 103 Å². The van der Waals surface area contributed by atoms with Crippen LogP contribution in [0.4, 0.5) is 0 Å². The van der Waals surface area contributed by atoms with E-state index in [0.717, 1.165) is 0 Å². The Hall–Kier alpha value is -2.70. The number of esters is 1. The van der Waals surface area contributed by atoms with Gasteiger partial charge in [0, 0.05) is 0 Å². The fourth-order valence-electron chi connectivity index (χ4n) is 2.94. The van der Waals surface area contributed by atoms with Crippen LogP contribution in [0.1, 0.15) is 0 Å². The van der Waals surface area contributed by atoms with Gasteiger partial charge in [-0.05, 0) is 36.4 Å². The van der Waals surface area contributed by atoms with Gasteiger partial charge in [-0.1, -0.05) is 54.6 Å². The molecule has 0 heterocycles. The van der Waals surface area contributed by atoms with Crippen molar-refractivity contribution in [1.82, 2.24) is 0 Å². The first-order chi connectivity index (χ1) is 12.3. The van der Waals surface area contributed by atoms with Crippen molar-refractivity contribution in [2.75, 3.05) is 7.11 Å². The minimum absolute atomic E-state index is 0.341. The van der Waals surface area contributed by atoms with E-state index in [4.69, 9.17) is 4.74 Å². The van der Waals surface area contributed by atoms with Crippen LogP contribution in [0.5, 0.6) is 0 Å². The number of benzene rings is 3. The van der Waals surface area contributed by atoms with Gasteiger partial charge in [0.15, 0.2) is 0 Å².